The van der Waals surface area contributed by atoms with Crippen molar-refractivity contribution in [1.29, 1.82) is 0 Å². The first kappa shape index (κ1) is 17.8. The van der Waals surface area contributed by atoms with Crippen LogP contribution in [0, 0.1) is 0 Å². The van der Waals surface area contributed by atoms with Crippen LogP contribution >= 0.6 is 0 Å². The third kappa shape index (κ3) is 3.49. The number of rotatable bonds is 5. The zero-order chi connectivity index (χ0) is 18.7. The number of benzene rings is 2. The third-order valence-corrected chi connectivity index (χ3v) is 4.41. The van der Waals surface area contributed by atoms with Gasteiger partial charge in [-0.2, -0.15) is 5.10 Å². The fourth-order valence-electron chi connectivity index (χ4n) is 3.04. The highest BCUT2D eigenvalue weighted by Gasteiger charge is 2.32. The molecule has 136 valence electrons. The quantitative estimate of drug-likeness (QED) is 0.826. The van der Waals surface area contributed by atoms with E-state index in [0.29, 0.717) is 17.9 Å². The lowest BCUT2D eigenvalue weighted by atomic mass is 9.98. The van der Waals surface area contributed by atoms with Crippen LogP contribution in [0.3, 0.4) is 0 Å². The van der Waals surface area contributed by atoms with Gasteiger partial charge in [0.1, 0.15) is 17.2 Å². The highest BCUT2D eigenvalue weighted by molar-refractivity contribution is 6.03. The average molecular weight is 354 g/mol. The number of hydrogen-bond acceptors (Lipinski definition) is 5. The van der Waals surface area contributed by atoms with Crippen LogP contribution in [0.15, 0.2) is 47.6 Å². The topological polar surface area (TPSA) is 60.4 Å². The number of methoxy groups -OCH3 is 3. The van der Waals surface area contributed by atoms with E-state index in [1.54, 1.807) is 21.3 Å². The Hall–Kier alpha value is -3.02. The molecule has 3 rings (SSSR count). The van der Waals surface area contributed by atoms with Crippen molar-refractivity contribution in [2.75, 3.05) is 21.3 Å². The highest BCUT2D eigenvalue weighted by Crippen LogP contribution is 2.36. The van der Waals surface area contributed by atoms with Crippen LogP contribution in [0.5, 0.6) is 17.2 Å². The van der Waals surface area contributed by atoms with Crippen LogP contribution < -0.4 is 14.2 Å². The Kier molecular flexibility index (Phi) is 5.11. The Morgan fingerprint density at radius 2 is 1.54 bits per heavy atom. The molecule has 6 nitrogen and oxygen atoms in total. The summed E-state index contributed by atoms with van der Waals surface area (Å²) in [6, 6.07) is 13.1. The lowest BCUT2D eigenvalue weighted by molar-refractivity contribution is -0.130. The minimum Gasteiger partial charge on any atom is -0.497 e. The Morgan fingerprint density at radius 3 is 2.04 bits per heavy atom. The molecule has 0 radical (unpaired) electrons. The smallest absolute Gasteiger partial charge is 0.240 e. The molecule has 0 aliphatic carbocycles. The van der Waals surface area contributed by atoms with Gasteiger partial charge in [0.05, 0.1) is 33.1 Å². The number of hydrogen-bond donors (Lipinski definition) is 0. The molecule has 0 bridgehead atoms. The number of amides is 1. The van der Waals surface area contributed by atoms with Crippen molar-refractivity contribution in [1.82, 2.24) is 5.01 Å². The third-order valence-electron chi connectivity index (χ3n) is 4.41. The van der Waals surface area contributed by atoms with Crippen molar-refractivity contribution < 1.29 is 19.0 Å². The summed E-state index contributed by atoms with van der Waals surface area (Å²) >= 11 is 0. The molecular weight excluding hydrogens is 332 g/mol. The maximum absolute atomic E-state index is 12.2. The van der Waals surface area contributed by atoms with E-state index in [-0.39, 0.29) is 11.9 Å². The monoisotopic (exact) mass is 354 g/mol. The second-order valence-corrected chi connectivity index (χ2v) is 6.00. The lowest BCUT2D eigenvalue weighted by Crippen LogP contribution is -2.24. The van der Waals surface area contributed by atoms with E-state index >= 15 is 0 Å². The molecule has 2 aromatic carbocycles. The molecule has 0 unspecified atom stereocenters. The molecule has 1 heterocycles. The van der Waals surface area contributed by atoms with Crippen LogP contribution in [0.2, 0.25) is 0 Å². The largest absolute Gasteiger partial charge is 0.497 e. The first-order valence-corrected chi connectivity index (χ1v) is 8.30. The SMILES string of the molecule is COc1ccc(C2=NN(C(C)=O)[C@H](c3cc(OC)cc(OC)c3)C2)cc1. The predicted octanol–water partition coefficient (Wildman–Crippen LogP) is 3.41. The number of hydrazone groups is 1. The molecule has 26 heavy (non-hydrogen) atoms. The summed E-state index contributed by atoms with van der Waals surface area (Å²) in [5.74, 6) is 2.03. The molecule has 0 spiro atoms. The van der Waals surface area contributed by atoms with E-state index in [1.807, 2.05) is 42.5 Å². The van der Waals surface area contributed by atoms with Gasteiger partial charge in [0, 0.05) is 19.4 Å². The predicted molar refractivity (Wildman–Crippen MR) is 99.0 cm³/mol. The van der Waals surface area contributed by atoms with Gasteiger partial charge in [-0.25, -0.2) is 5.01 Å². The zero-order valence-electron chi connectivity index (χ0n) is 15.4. The highest BCUT2D eigenvalue weighted by atomic mass is 16.5. The van der Waals surface area contributed by atoms with Crippen molar-refractivity contribution in [3.05, 3.63) is 53.6 Å². The second kappa shape index (κ2) is 7.47. The molecule has 0 fully saturated rings. The van der Waals surface area contributed by atoms with Gasteiger partial charge in [0.2, 0.25) is 5.91 Å². The first-order chi connectivity index (χ1) is 12.5. The second-order valence-electron chi connectivity index (χ2n) is 6.00. The zero-order valence-corrected chi connectivity index (χ0v) is 15.4. The van der Waals surface area contributed by atoms with Crippen molar-refractivity contribution in [3.8, 4) is 17.2 Å². The summed E-state index contributed by atoms with van der Waals surface area (Å²) in [7, 11) is 4.84. The van der Waals surface area contributed by atoms with Crippen LogP contribution in [0.1, 0.15) is 30.5 Å². The number of carbonyl (C=O) groups is 1. The van der Waals surface area contributed by atoms with Gasteiger partial charge in [-0.1, -0.05) is 0 Å². The maximum atomic E-state index is 12.2. The summed E-state index contributed by atoms with van der Waals surface area (Å²) in [6.07, 6.45) is 0.613. The van der Waals surface area contributed by atoms with Gasteiger partial charge in [-0.15, -0.1) is 0 Å². The Bertz CT molecular complexity index is 808. The van der Waals surface area contributed by atoms with Gasteiger partial charge in [-0.05, 0) is 47.5 Å². The van der Waals surface area contributed by atoms with E-state index in [2.05, 4.69) is 5.10 Å². The van der Waals surface area contributed by atoms with Crippen molar-refractivity contribution >= 4 is 11.6 Å². The summed E-state index contributed by atoms with van der Waals surface area (Å²) in [6.45, 7) is 1.52. The summed E-state index contributed by atoms with van der Waals surface area (Å²) in [5, 5.41) is 6.08. The van der Waals surface area contributed by atoms with Crippen LogP contribution in [0.4, 0.5) is 0 Å². The number of nitrogens with zero attached hydrogens (tertiary/aromatic N) is 2. The number of carbonyl (C=O) groups excluding carboxylic acids is 1. The van der Waals surface area contributed by atoms with Crippen molar-refractivity contribution in [3.63, 3.8) is 0 Å². The molecule has 6 heteroatoms. The van der Waals surface area contributed by atoms with Crippen LogP contribution in [-0.4, -0.2) is 38.0 Å². The number of ether oxygens (including phenoxy) is 3. The maximum Gasteiger partial charge on any atom is 0.240 e. The van der Waals surface area contributed by atoms with Gasteiger partial charge in [-0.3, -0.25) is 4.79 Å². The first-order valence-electron chi connectivity index (χ1n) is 8.30. The fourth-order valence-corrected chi connectivity index (χ4v) is 3.04. The molecule has 0 saturated carbocycles. The molecule has 1 aliphatic heterocycles. The molecule has 1 atom stereocenters. The van der Waals surface area contributed by atoms with Crippen LogP contribution in [-0.2, 0) is 4.79 Å². The minimum absolute atomic E-state index is 0.111. The van der Waals surface area contributed by atoms with Gasteiger partial charge >= 0.3 is 0 Å². The molecule has 1 amide bonds. The Morgan fingerprint density at radius 1 is 0.962 bits per heavy atom. The van der Waals surface area contributed by atoms with Crippen LogP contribution in [0.25, 0.3) is 0 Å². The van der Waals surface area contributed by atoms with Gasteiger partial charge < -0.3 is 14.2 Å². The standard InChI is InChI=1S/C20H22N2O4/c1-13(23)22-20(15-9-17(25-3)11-18(10-15)26-4)12-19(21-22)14-5-7-16(24-2)8-6-14/h5-11,20H,12H2,1-4H3/t20-/m0/s1. The van der Waals surface area contributed by atoms with Crippen molar-refractivity contribution in [2.24, 2.45) is 5.10 Å². The molecule has 0 aromatic heterocycles. The summed E-state index contributed by atoms with van der Waals surface area (Å²) in [5.41, 5.74) is 2.74. The van der Waals surface area contributed by atoms with Gasteiger partial charge in [0.15, 0.2) is 0 Å². The molecule has 0 saturated heterocycles. The normalized spacial score (nSPS) is 16.2. The van der Waals surface area contributed by atoms with E-state index < -0.39 is 0 Å². The molecule has 1 aliphatic rings. The van der Waals surface area contributed by atoms with E-state index in [9.17, 15) is 4.79 Å². The average Bonchev–Trinajstić information content (AvgIpc) is 3.13. The minimum atomic E-state index is -0.200. The van der Waals surface area contributed by atoms with Gasteiger partial charge in [0.25, 0.3) is 0 Å². The molecular formula is C20H22N2O4. The summed E-state index contributed by atoms with van der Waals surface area (Å²) < 4.78 is 15.9. The molecule has 2 aromatic rings. The lowest BCUT2D eigenvalue weighted by Gasteiger charge is -2.21. The van der Waals surface area contributed by atoms with E-state index in [0.717, 1.165) is 22.6 Å². The molecule has 0 N–H and O–H groups in total. The van der Waals surface area contributed by atoms with E-state index in [4.69, 9.17) is 14.2 Å². The Balaban J connectivity index is 1.95. The van der Waals surface area contributed by atoms with E-state index in [1.165, 1.54) is 11.9 Å². The fraction of sp³-hybridized carbons (Fsp3) is 0.300. The van der Waals surface area contributed by atoms with Crippen molar-refractivity contribution in [2.45, 2.75) is 19.4 Å². The Labute approximate surface area is 153 Å². The summed E-state index contributed by atoms with van der Waals surface area (Å²) in [4.78, 5) is 12.2.